The van der Waals surface area contributed by atoms with Crippen LogP contribution in [0.2, 0.25) is 0 Å². The van der Waals surface area contributed by atoms with E-state index in [9.17, 15) is 24.6 Å². The van der Waals surface area contributed by atoms with E-state index in [1.807, 2.05) is 42.5 Å². The van der Waals surface area contributed by atoms with Crippen molar-refractivity contribution in [2.45, 2.75) is 56.8 Å². The van der Waals surface area contributed by atoms with Gasteiger partial charge in [-0.25, -0.2) is 4.79 Å². The summed E-state index contributed by atoms with van der Waals surface area (Å²) < 4.78 is 0. The summed E-state index contributed by atoms with van der Waals surface area (Å²) in [6.45, 7) is 1.77. The minimum absolute atomic E-state index is 0.125. The zero-order chi connectivity index (χ0) is 22.5. The summed E-state index contributed by atoms with van der Waals surface area (Å²) in [6, 6.07) is 10.4. The number of hydrogen-bond acceptors (Lipinski definition) is 5. The summed E-state index contributed by atoms with van der Waals surface area (Å²) in [5.41, 5.74) is 6.57. The molecule has 8 nitrogen and oxygen atoms in total. The van der Waals surface area contributed by atoms with Crippen molar-refractivity contribution in [1.29, 1.82) is 0 Å². The normalized spacial score (nSPS) is 19.5. The van der Waals surface area contributed by atoms with Crippen LogP contribution in [0.25, 0.3) is 10.8 Å². The first-order chi connectivity index (χ1) is 14.8. The minimum atomic E-state index is -1.14. The maximum atomic E-state index is 13.0. The van der Waals surface area contributed by atoms with Crippen molar-refractivity contribution in [3.05, 3.63) is 48.0 Å². The molecule has 2 aromatic rings. The molecule has 0 aromatic heterocycles. The number of carbonyl (C=O) groups is 3. The SMILES string of the molecule is C[C@H](O)[C@@H](N)C(=O)N1CCCC[C@H]1C(=O)N[C@@H](Cc1ccc2ccccc2c1)C(=O)O. The third kappa shape index (κ3) is 5.39. The van der Waals surface area contributed by atoms with Crippen molar-refractivity contribution < 1.29 is 24.6 Å². The van der Waals surface area contributed by atoms with Crippen LogP contribution in [-0.2, 0) is 20.8 Å². The van der Waals surface area contributed by atoms with Gasteiger partial charge in [0.25, 0.3) is 0 Å². The van der Waals surface area contributed by atoms with Crippen molar-refractivity contribution in [2.75, 3.05) is 6.54 Å². The van der Waals surface area contributed by atoms with Gasteiger partial charge in [0.1, 0.15) is 18.1 Å². The molecule has 0 saturated carbocycles. The van der Waals surface area contributed by atoms with Gasteiger partial charge in [0, 0.05) is 13.0 Å². The summed E-state index contributed by atoms with van der Waals surface area (Å²) in [6.07, 6.45) is 0.972. The van der Waals surface area contributed by atoms with Gasteiger partial charge in [-0.2, -0.15) is 0 Å². The molecule has 1 saturated heterocycles. The molecule has 1 aliphatic rings. The molecular weight excluding hydrogens is 398 g/mol. The number of carboxylic acid groups (broad SMARTS) is 1. The number of fused-ring (bicyclic) bond motifs is 1. The third-order valence-corrected chi connectivity index (χ3v) is 5.76. The van der Waals surface area contributed by atoms with E-state index < -0.39 is 42.0 Å². The zero-order valence-corrected chi connectivity index (χ0v) is 17.5. The van der Waals surface area contributed by atoms with Gasteiger partial charge in [-0.15, -0.1) is 0 Å². The van der Waals surface area contributed by atoms with Crippen LogP contribution in [-0.4, -0.2) is 63.7 Å². The highest BCUT2D eigenvalue weighted by Crippen LogP contribution is 2.20. The van der Waals surface area contributed by atoms with Gasteiger partial charge in [0.15, 0.2) is 0 Å². The van der Waals surface area contributed by atoms with Crippen LogP contribution in [0.5, 0.6) is 0 Å². The lowest BCUT2D eigenvalue weighted by Gasteiger charge is -2.37. The Hall–Kier alpha value is -2.97. The highest BCUT2D eigenvalue weighted by atomic mass is 16.4. The Morgan fingerprint density at radius 2 is 1.87 bits per heavy atom. The lowest BCUT2D eigenvalue weighted by atomic mass is 9.98. The molecule has 31 heavy (non-hydrogen) atoms. The molecule has 0 radical (unpaired) electrons. The minimum Gasteiger partial charge on any atom is -0.480 e. The summed E-state index contributed by atoms with van der Waals surface area (Å²) in [5, 5.41) is 24.0. The fourth-order valence-corrected chi connectivity index (χ4v) is 3.94. The van der Waals surface area contributed by atoms with Crippen LogP contribution >= 0.6 is 0 Å². The van der Waals surface area contributed by atoms with Crippen LogP contribution in [0.4, 0.5) is 0 Å². The fourth-order valence-electron chi connectivity index (χ4n) is 3.94. The van der Waals surface area contributed by atoms with Gasteiger partial charge in [-0.05, 0) is 42.5 Å². The molecule has 2 aromatic carbocycles. The highest BCUT2D eigenvalue weighted by molar-refractivity contribution is 5.92. The highest BCUT2D eigenvalue weighted by Gasteiger charge is 2.37. The van der Waals surface area contributed by atoms with E-state index in [2.05, 4.69) is 5.32 Å². The Bertz CT molecular complexity index is 961. The van der Waals surface area contributed by atoms with E-state index in [4.69, 9.17) is 5.73 Å². The van der Waals surface area contributed by atoms with E-state index in [0.29, 0.717) is 13.0 Å². The zero-order valence-electron chi connectivity index (χ0n) is 17.5. The van der Waals surface area contributed by atoms with Gasteiger partial charge in [0.05, 0.1) is 6.10 Å². The number of amides is 2. The number of piperidine rings is 1. The largest absolute Gasteiger partial charge is 0.480 e. The van der Waals surface area contributed by atoms with Gasteiger partial charge in [-0.3, -0.25) is 9.59 Å². The molecule has 1 fully saturated rings. The standard InChI is InChI=1S/C23H29N3O5/c1-14(27)20(24)22(29)26-11-5-4-8-19(26)21(28)25-18(23(30)31)13-15-9-10-16-6-2-3-7-17(16)12-15/h2-3,6-7,9-10,12,14,18-20,27H,4-5,8,11,13,24H2,1H3,(H,25,28)(H,30,31)/t14-,18-,19-,20+/m0/s1. The fraction of sp³-hybridized carbons (Fsp3) is 0.435. The van der Waals surface area contributed by atoms with Crippen LogP contribution < -0.4 is 11.1 Å². The summed E-state index contributed by atoms with van der Waals surface area (Å²) >= 11 is 0. The van der Waals surface area contributed by atoms with Crippen molar-refractivity contribution >= 4 is 28.6 Å². The number of nitrogens with zero attached hydrogens (tertiary/aromatic N) is 1. The molecule has 2 amide bonds. The second-order valence-corrected chi connectivity index (χ2v) is 8.09. The first-order valence-corrected chi connectivity index (χ1v) is 10.5. The van der Waals surface area contributed by atoms with Crippen molar-refractivity contribution in [1.82, 2.24) is 10.2 Å². The first-order valence-electron chi connectivity index (χ1n) is 10.5. The predicted octanol–water partition coefficient (Wildman–Crippen LogP) is 1.04. The predicted molar refractivity (Wildman–Crippen MR) is 116 cm³/mol. The van der Waals surface area contributed by atoms with Gasteiger partial charge in [-0.1, -0.05) is 42.5 Å². The van der Waals surface area contributed by atoms with Crippen LogP contribution in [0.15, 0.2) is 42.5 Å². The van der Waals surface area contributed by atoms with Crippen LogP contribution in [0.1, 0.15) is 31.7 Å². The molecule has 0 spiro atoms. The van der Waals surface area contributed by atoms with Crippen molar-refractivity contribution in [3.8, 4) is 0 Å². The summed E-state index contributed by atoms with van der Waals surface area (Å²) in [4.78, 5) is 38.8. The molecule has 3 rings (SSSR count). The summed E-state index contributed by atoms with van der Waals surface area (Å²) in [5.74, 6) is -2.16. The average molecular weight is 428 g/mol. The Balaban J connectivity index is 1.73. The molecular formula is C23H29N3O5. The van der Waals surface area contributed by atoms with E-state index in [0.717, 1.165) is 29.2 Å². The number of carbonyl (C=O) groups excluding carboxylic acids is 2. The number of hydrogen-bond donors (Lipinski definition) is 4. The lowest BCUT2D eigenvalue weighted by Crippen LogP contribution is -2.59. The molecule has 8 heteroatoms. The van der Waals surface area contributed by atoms with Crippen molar-refractivity contribution in [3.63, 3.8) is 0 Å². The Labute approximate surface area is 181 Å². The van der Waals surface area contributed by atoms with E-state index in [-0.39, 0.29) is 6.42 Å². The second kappa shape index (κ2) is 9.89. The molecule has 0 unspecified atom stereocenters. The topological polar surface area (TPSA) is 133 Å². The molecule has 0 bridgehead atoms. The lowest BCUT2D eigenvalue weighted by molar-refractivity contribution is -0.147. The number of aliphatic hydroxyl groups is 1. The first kappa shape index (κ1) is 22.7. The molecule has 0 aliphatic carbocycles. The van der Waals surface area contributed by atoms with Gasteiger partial charge < -0.3 is 26.2 Å². The number of rotatable bonds is 7. The Morgan fingerprint density at radius 1 is 1.16 bits per heavy atom. The Kier molecular flexibility index (Phi) is 7.25. The quantitative estimate of drug-likeness (QED) is 0.522. The maximum Gasteiger partial charge on any atom is 0.326 e. The number of likely N-dealkylation sites (tertiary alicyclic amines) is 1. The van der Waals surface area contributed by atoms with Crippen molar-refractivity contribution in [2.24, 2.45) is 5.73 Å². The van der Waals surface area contributed by atoms with Gasteiger partial charge in [0.2, 0.25) is 11.8 Å². The number of nitrogens with two attached hydrogens (primary N) is 1. The van der Waals surface area contributed by atoms with E-state index in [1.54, 1.807) is 0 Å². The van der Waals surface area contributed by atoms with E-state index >= 15 is 0 Å². The van der Waals surface area contributed by atoms with Gasteiger partial charge >= 0.3 is 5.97 Å². The third-order valence-electron chi connectivity index (χ3n) is 5.76. The second-order valence-electron chi connectivity index (χ2n) is 8.09. The number of nitrogens with one attached hydrogen (secondary N) is 1. The smallest absolute Gasteiger partial charge is 0.326 e. The molecule has 166 valence electrons. The number of aliphatic carboxylic acids is 1. The Morgan fingerprint density at radius 3 is 2.55 bits per heavy atom. The number of carboxylic acids is 1. The summed E-state index contributed by atoms with van der Waals surface area (Å²) in [7, 11) is 0. The molecule has 1 heterocycles. The molecule has 5 N–H and O–H groups in total. The number of benzene rings is 2. The molecule has 4 atom stereocenters. The van der Waals surface area contributed by atoms with Crippen LogP contribution in [0.3, 0.4) is 0 Å². The van der Waals surface area contributed by atoms with E-state index in [1.165, 1.54) is 11.8 Å². The maximum absolute atomic E-state index is 13.0. The average Bonchev–Trinajstić information content (AvgIpc) is 2.77. The van der Waals surface area contributed by atoms with Crippen LogP contribution in [0, 0.1) is 0 Å². The number of aliphatic hydroxyl groups excluding tert-OH is 1. The molecule has 1 aliphatic heterocycles. The monoisotopic (exact) mass is 427 g/mol.